The van der Waals surface area contributed by atoms with Crippen molar-refractivity contribution >= 4 is 40.6 Å². The number of benzene rings is 1. The quantitative estimate of drug-likeness (QED) is 0.393. The molecule has 39 heavy (non-hydrogen) atoms. The summed E-state index contributed by atoms with van der Waals surface area (Å²) in [7, 11) is 1.57. The first kappa shape index (κ1) is 28.1. The fraction of sp³-hybridized carbons (Fsp3) is 0.379. The number of hydrogen-bond donors (Lipinski definition) is 3. The first-order valence-electron chi connectivity index (χ1n) is 12.7. The Morgan fingerprint density at radius 3 is 2.51 bits per heavy atom. The number of urea groups is 1. The summed E-state index contributed by atoms with van der Waals surface area (Å²) in [5, 5.41) is 8.59. The van der Waals surface area contributed by atoms with Crippen LogP contribution in [0, 0.1) is 6.92 Å². The molecule has 9 nitrogen and oxygen atoms in total. The number of anilines is 2. The lowest BCUT2D eigenvalue weighted by molar-refractivity contribution is -0.133. The number of piperazine rings is 1. The number of nitrogens with zero attached hydrogens (tertiary/aromatic N) is 2. The monoisotopic (exact) mass is 549 g/mol. The van der Waals surface area contributed by atoms with Crippen molar-refractivity contribution in [3.8, 4) is 17.0 Å². The number of aryl methyl sites for hydroxylation is 1. The summed E-state index contributed by atoms with van der Waals surface area (Å²) in [4.78, 5) is 46.6. The molecule has 3 aromatic rings. The maximum absolute atomic E-state index is 13.7. The number of carbonyl (C=O) groups is 3. The van der Waals surface area contributed by atoms with Gasteiger partial charge in [0.2, 0.25) is 11.8 Å². The van der Waals surface area contributed by atoms with Crippen LogP contribution in [0.15, 0.2) is 42.6 Å². The van der Waals surface area contributed by atoms with Gasteiger partial charge in [-0.3, -0.25) is 9.59 Å². The molecule has 10 heteroatoms. The number of methoxy groups -OCH3 is 1. The van der Waals surface area contributed by atoms with Crippen LogP contribution >= 0.6 is 11.3 Å². The predicted molar refractivity (Wildman–Crippen MR) is 155 cm³/mol. The Kier molecular flexibility index (Phi) is 7.70. The summed E-state index contributed by atoms with van der Waals surface area (Å²) in [6.07, 6.45) is 1.73. The van der Waals surface area contributed by atoms with Crippen molar-refractivity contribution in [1.82, 2.24) is 15.2 Å². The van der Waals surface area contributed by atoms with E-state index in [1.54, 1.807) is 38.1 Å². The Hall–Kier alpha value is -3.92. The summed E-state index contributed by atoms with van der Waals surface area (Å²) in [5.41, 5.74) is 2.62. The van der Waals surface area contributed by atoms with Crippen LogP contribution in [0.25, 0.3) is 11.1 Å². The topological polar surface area (TPSA) is 113 Å². The van der Waals surface area contributed by atoms with Crippen molar-refractivity contribution in [1.29, 1.82) is 0 Å². The highest BCUT2D eigenvalue weighted by atomic mass is 32.1. The highest BCUT2D eigenvalue weighted by Crippen LogP contribution is 2.37. The van der Waals surface area contributed by atoms with Crippen molar-refractivity contribution in [2.24, 2.45) is 0 Å². The van der Waals surface area contributed by atoms with Crippen LogP contribution in [0.2, 0.25) is 0 Å². The van der Waals surface area contributed by atoms with Crippen molar-refractivity contribution in [2.75, 3.05) is 30.8 Å². The molecule has 1 fully saturated rings. The van der Waals surface area contributed by atoms with Gasteiger partial charge in [-0.15, -0.1) is 11.3 Å². The maximum Gasteiger partial charge on any atom is 0.323 e. The zero-order chi connectivity index (χ0) is 28.5. The number of hydrogen-bond acceptors (Lipinski definition) is 6. The van der Waals surface area contributed by atoms with Crippen LogP contribution in [-0.4, -0.2) is 53.5 Å². The fourth-order valence-electron chi connectivity index (χ4n) is 4.35. The standard InChI is InChI=1S/C29H35N5O4S/c1-17-8-10-19(14-20(17)18-9-11-23(38-7)31-16-18)32-27(37)33-21-15-22(28(2,3)4)39-24(21)25(35)34-13-12-30-26(36)29(34,5)6/h8-11,14-16H,12-13H2,1-7H3,(H,30,36)(H2,32,33,37). The second-order valence-corrected chi connectivity index (χ2v) is 12.1. The second-order valence-electron chi connectivity index (χ2n) is 11.1. The number of nitrogens with one attached hydrogen (secondary N) is 3. The molecular formula is C29H35N5O4S. The Labute approximate surface area is 233 Å². The van der Waals surface area contributed by atoms with E-state index in [2.05, 4.69) is 41.7 Å². The van der Waals surface area contributed by atoms with E-state index in [1.165, 1.54) is 11.3 Å². The number of thiophene rings is 1. The van der Waals surface area contributed by atoms with E-state index in [0.717, 1.165) is 21.6 Å². The number of aromatic nitrogens is 1. The fourth-order valence-corrected chi connectivity index (χ4v) is 5.47. The normalized spacial score (nSPS) is 14.9. The molecule has 0 unspecified atom stereocenters. The van der Waals surface area contributed by atoms with Crippen molar-refractivity contribution in [3.63, 3.8) is 0 Å². The van der Waals surface area contributed by atoms with Crippen LogP contribution in [0.4, 0.5) is 16.2 Å². The molecule has 4 amide bonds. The lowest BCUT2D eigenvalue weighted by Gasteiger charge is -2.41. The van der Waals surface area contributed by atoms with Crippen LogP contribution in [0.1, 0.15) is 54.7 Å². The van der Waals surface area contributed by atoms with E-state index < -0.39 is 11.6 Å². The lowest BCUT2D eigenvalue weighted by atomic mass is 9.94. The zero-order valence-electron chi connectivity index (χ0n) is 23.4. The molecule has 206 valence electrons. The molecule has 2 aromatic heterocycles. The van der Waals surface area contributed by atoms with Gasteiger partial charge >= 0.3 is 6.03 Å². The third-order valence-corrected chi connectivity index (χ3v) is 8.31. The average Bonchev–Trinajstić information content (AvgIpc) is 3.31. The molecule has 1 aromatic carbocycles. The molecule has 3 heterocycles. The zero-order valence-corrected chi connectivity index (χ0v) is 24.2. The molecule has 1 aliphatic rings. The molecule has 0 aliphatic carbocycles. The van der Waals surface area contributed by atoms with Gasteiger partial charge in [0.05, 0.1) is 12.8 Å². The van der Waals surface area contributed by atoms with Gasteiger partial charge < -0.3 is 25.6 Å². The minimum atomic E-state index is -1.00. The summed E-state index contributed by atoms with van der Waals surface area (Å²) in [6.45, 7) is 12.4. The van der Waals surface area contributed by atoms with Gasteiger partial charge in [-0.25, -0.2) is 9.78 Å². The highest BCUT2D eigenvalue weighted by molar-refractivity contribution is 7.14. The number of pyridine rings is 1. The first-order valence-corrected chi connectivity index (χ1v) is 13.6. The van der Waals surface area contributed by atoms with Gasteiger partial charge in [-0.05, 0) is 61.6 Å². The molecule has 1 aliphatic heterocycles. The molecule has 1 saturated heterocycles. The summed E-state index contributed by atoms with van der Waals surface area (Å²) in [6, 6.07) is 10.7. The molecule has 0 spiro atoms. The number of ether oxygens (including phenoxy) is 1. The van der Waals surface area contributed by atoms with Crippen molar-refractivity contribution in [3.05, 3.63) is 57.9 Å². The number of rotatable bonds is 5. The van der Waals surface area contributed by atoms with E-state index in [9.17, 15) is 14.4 Å². The van der Waals surface area contributed by atoms with E-state index >= 15 is 0 Å². The Bertz CT molecular complexity index is 1410. The van der Waals surface area contributed by atoms with Crippen molar-refractivity contribution in [2.45, 2.75) is 52.5 Å². The average molecular weight is 550 g/mol. The first-order chi connectivity index (χ1) is 18.3. The van der Waals surface area contributed by atoms with Gasteiger partial charge in [0.15, 0.2) is 0 Å². The van der Waals surface area contributed by atoms with E-state index in [-0.39, 0.29) is 17.2 Å². The smallest absolute Gasteiger partial charge is 0.323 e. The number of carbonyl (C=O) groups excluding carboxylic acids is 3. The third-order valence-electron chi connectivity index (χ3n) is 6.76. The Morgan fingerprint density at radius 1 is 1.13 bits per heavy atom. The molecule has 0 saturated carbocycles. The number of amides is 4. The van der Waals surface area contributed by atoms with E-state index in [4.69, 9.17) is 4.74 Å². The summed E-state index contributed by atoms with van der Waals surface area (Å²) in [5.74, 6) is 0.0360. The van der Waals surface area contributed by atoms with Gasteiger partial charge in [0.1, 0.15) is 10.4 Å². The summed E-state index contributed by atoms with van der Waals surface area (Å²) >= 11 is 1.34. The van der Waals surface area contributed by atoms with E-state index in [0.29, 0.717) is 35.2 Å². The minimum absolute atomic E-state index is 0.204. The lowest BCUT2D eigenvalue weighted by Crippen LogP contribution is -2.63. The summed E-state index contributed by atoms with van der Waals surface area (Å²) < 4.78 is 5.15. The Morgan fingerprint density at radius 2 is 1.87 bits per heavy atom. The maximum atomic E-state index is 13.7. The van der Waals surface area contributed by atoms with Crippen LogP contribution in [-0.2, 0) is 10.2 Å². The van der Waals surface area contributed by atoms with Gasteiger partial charge in [-0.1, -0.05) is 26.8 Å². The van der Waals surface area contributed by atoms with Crippen LogP contribution in [0.5, 0.6) is 5.88 Å². The molecule has 0 atom stereocenters. The highest BCUT2D eigenvalue weighted by Gasteiger charge is 2.42. The third kappa shape index (κ3) is 5.90. The van der Waals surface area contributed by atoms with E-state index in [1.807, 2.05) is 37.3 Å². The molecule has 0 bridgehead atoms. The molecule has 4 rings (SSSR count). The SMILES string of the molecule is COc1ccc(-c2cc(NC(=O)Nc3cc(C(C)(C)C)sc3C(=O)N3CCNC(=O)C3(C)C)ccc2C)cn1. The van der Waals surface area contributed by atoms with Gasteiger partial charge in [0, 0.05) is 41.5 Å². The van der Waals surface area contributed by atoms with Gasteiger partial charge in [0.25, 0.3) is 5.91 Å². The molecule has 3 N–H and O–H groups in total. The minimum Gasteiger partial charge on any atom is -0.481 e. The van der Waals surface area contributed by atoms with Crippen molar-refractivity contribution < 1.29 is 19.1 Å². The predicted octanol–water partition coefficient (Wildman–Crippen LogP) is 5.42. The van der Waals surface area contributed by atoms with Crippen LogP contribution in [0.3, 0.4) is 0 Å². The largest absolute Gasteiger partial charge is 0.481 e. The van der Waals surface area contributed by atoms with Gasteiger partial charge in [-0.2, -0.15) is 0 Å². The Balaban J connectivity index is 1.59. The van der Waals surface area contributed by atoms with Crippen LogP contribution < -0.4 is 20.7 Å². The molecule has 0 radical (unpaired) electrons. The second kappa shape index (κ2) is 10.7. The molecular weight excluding hydrogens is 514 g/mol.